The predicted molar refractivity (Wildman–Crippen MR) is 134 cm³/mol. The van der Waals surface area contributed by atoms with Crippen LogP contribution in [0.3, 0.4) is 0 Å². The third-order valence-corrected chi connectivity index (χ3v) is 16.8. The van der Waals surface area contributed by atoms with Crippen LogP contribution in [0.2, 0.25) is 0 Å². The second-order valence-electron chi connectivity index (χ2n) is 6.29. The van der Waals surface area contributed by atoms with Gasteiger partial charge in [-0.05, 0) is 0 Å². The molecule has 0 aliphatic heterocycles. The van der Waals surface area contributed by atoms with E-state index in [4.69, 9.17) is 0 Å². The van der Waals surface area contributed by atoms with Crippen LogP contribution in [0.15, 0.2) is 92.0 Å². The molecule has 0 saturated carbocycles. The Bertz CT molecular complexity index is 1260. The fourth-order valence-electron chi connectivity index (χ4n) is 2.50. The Kier molecular flexibility index (Phi) is 7.43. The third-order valence-electron chi connectivity index (χ3n) is 3.97. The summed E-state index contributed by atoms with van der Waals surface area (Å²) in [4.78, 5) is 0. The van der Waals surface area contributed by atoms with Gasteiger partial charge < -0.3 is 0 Å². The van der Waals surface area contributed by atoms with E-state index in [1.54, 1.807) is 59.3 Å². The van der Waals surface area contributed by atoms with Crippen LogP contribution in [0, 0.1) is 0 Å². The van der Waals surface area contributed by atoms with Crippen LogP contribution in [0.1, 0.15) is 0 Å². The second-order valence-corrected chi connectivity index (χ2v) is 18.3. The second kappa shape index (κ2) is 10.1. The van der Waals surface area contributed by atoms with Crippen molar-refractivity contribution in [3.63, 3.8) is 0 Å². The molecular weight excluding hydrogens is 618 g/mol. The first kappa shape index (κ1) is 23.5. The number of hydrogen-bond donors (Lipinski definition) is 2. The fourth-order valence-corrected chi connectivity index (χ4v) is 12.6. The van der Waals surface area contributed by atoms with E-state index < -0.39 is 20.0 Å². The zero-order valence-corrected chi connectivity index (χ0v) is 22.9. The van der Waals surface area contributed by atoms with Gasteiger partial charge in [0.2, 0.25) is 0 Å². The van der Waals surface area contributed by atoms with Gasteiger partial charge in [0.05, 0.1) is 0 Å². The van der Waals surface area contributed by atoms with Crippen molar-refractivity contribution in [1.29, 1.82) is 0 Å². The number of thiophene rings is 2. The summed E-state index contributed by atoms with van der Waals surface area (Å²) in [6, 6.07) is 21.4. The number of sulfonamides is 2. The predicted octanol–water partition coefficient (Wildman–Crippen LogP) is 2.69. The van der Waals surface area contributed by atoms with Gasteiger partial charge in [-0.25, -0.2) is 0 Å². The average molecular weight is 635 g/mol. The molecule has 0 radical (unpaired) electrons. The van der Waals surface area contributed by atoms with Crippen molar-refractivity contribution in [3.05, 3.63) is 83.6 Å². The molecule has 6 nitrogen and oxygen atoms in total. The summed E-state index contributed by atoms with van der Waals surface area (Å²) in [5.74, 6) is 0. The Hall–Kier alpha value is -1.62. The van der Waals surface area contributed by atoms with Crippen molar-refractivity contribution in [2.45, 2.75) is 8.42 Å². The van der Waals surface area contributed by atoms with E-state index in [0.717, 1.165) is 0 Å². The van der Waals surface area contributed by atoms with Crippen molar-refractivity contribution in [2.24, 2.45) is 0 Å². The molecule has 0 fully saturated rings. The standard InChI is InChI=1S/C20H16N2O4S4Se2/c23-29(24,19-3-1-13-27-19)21-15-5-9-17(10-6-15)31-32-18-11-7-16(8-12-18)22-30(25,26)20-4-2-14-28-20/h1-14,21-22H. The molecule has 0 spiro atoms. The molecule has 0 aliphatic rings. The summed E-state index contributed by atoms with van der Waals surface area (Å²) in [6.45, 7) is 0. The van der Waals surface area contributed by atoms with Gasteiger partial charge in [0, 0.05) is 0 Å². The number of hydrogen-bond acceptors (Lipinski definition) is 6. The summed E-state index contributed by atoms with van der Waals surface area (Å²) in [5, 5.41) is 3.46. The monoisotopic (exact) mass is 636 g/mol. The number of nitrogens with one attached hydrogen (secondary N) is 2. The van der Waals surface area contributed by atoms with Crippen LogP contribution in [0.4, 0.5) is 11.4 Å². The fraction of sp³-hybridized carbons (Fsp3) is 0. The number of benzene rings is 2. The Balaban J connectivity index is 1.33. The van der Waals surface area contributed by atoms with Gasteiger partial charge in [0.25, 0.3) is 0 Å². The first-order chi connectivity index (χ1) is 15.3. The van der Waals surface area contributed by atoms with Crippen molar-refractivity contribution >= 4 is 89.3 Å². The Morgan fingerprint density at radius 2 is 0.938 bits per heavy atom. The van der Waals surface area contributed by atoms with Gasteiger partial charge in [-0.15, -0.1) is 0 Å². The van der Waals surface area contributed by atoms with E-state index in [-0.39, 0.29) is 34.7 Å². The van der Waals surface area contributed by atoms with Gasteiger partial charge in [-0.3, -0.25) is 0 Å². The van der Waals surface area contributed by atoms with Crippen molar-refractivity contribution < 1.29 is 16.8 Å². The molecule has 12 heteroatoms. The van der Waals surface area contributed by atoms with Crippen molar-refractivity contribution in [2.75, 3.05) is 9.44 Å². The summed E-state index contributed by atoms with van der Waals surface area (Å²) in [6.07, 6.45) is 0. The first-order valence-electron chi connectivity index (χ1n) is 8.99. The molecule has 2 N–H and O–H groups in total. The van der Waals surface area contributed by atoms with Crippen molar-refractivity contribution in [3.8, 4) is 0 Å². The van der Waals surface area contributed by atoms with Crippen LogP contribution < -0.4 is 18.4 Å². The number of anilines is 2. The Labute approximate surface area is 206 Å². The van der Waals surface area contributed by atoms with Gasteiger partial charge in [-0.2, -0.15) is 0 Å². The molecule has 166 valence electrons. The van der Waals surface area contributed by atoms with E-state index in [2.05, 4.69) is 9.44 Å². The zero-order chi connectivity index (χ0) is 22.6. The Morgan fingerprint density at radius 1 is 0.562 bits per heavy atom. The summed E-state index contributed by atoms with van der Waals surface area (Å²) in [5.41, 5.74) is 1.07. The van der Waals surface area contributed by atoms with E-state index >= 15 is 0 Å². The maximum atomic E-state index is 12.3. The van der Waals surface area contributed by atoms with E-state index in [1.807, 2.05) is 24.3 Å². The molecule has 0 saturated heterocycles. The molecule has 0 aliphatic carbocycles. The molecule has 32 heavy (non-hydrogen) atoms. The molecule has 2 aromatic carbocycles. The normalized spacial score (nSPS) is 11.9. The molecular formula is C20H16N2O4S4Se2. The zero-order valence-electron chi connectivity index (χ0n) is 16.2. The Morgan fingerprint density at radius 3 is 1.25 bits per heavy atom. The molecule has 2 aromatic heterocycles. The van der Waals surface area contributed by atoms with Crippen LogP contribution >= 0.6 is 22.7 Å². The molecule has 0 bridgehead atoms. The van der Waals surface area contributed by atoms with Gasteiger partial charge in [0.1, 0.15) is 0 Å². The van der Waals surface area contributed by atoms with Gasteiger partial charge in [-0.1, -0.05) is 0 Å². The summed E-state index contributed by atoms with van der Waals surface area (Å²) in [7, 11) is -7.08. The first-order valence-corrected chi connectivity index (χ1v) is 19.8. The minimum absolute atomic E-state index is 0.218. The molecule has 0 unspecified atom stereocenters. The molecule has 4 rings (SSSR count). The van der Waals surface area contributed by atoms with Crippen molar-refractivity contribution in [1.82, 2.24) is 0 Å². The van der Waals surface area contributed by atoms with E-state index in [0.29, 0.717) is 11.4 Å². The number of rotatable bonds is 9. The molecule has 2 heterocycles. The molecule has 0 amide bonds. The third kappa shape index (κ3) is 6.03. The van der Waals surface area contributed by atoms with Crippen LogP contribution in [-0.2, 0) is 20.0 Å². The summed E-state index contributed by atoms with van der Waals surface area (Å²) < 4.78 is 57.3. The summed E-state index contributed by atoms with van der Waals surface area (Å²) >= 11 is 2.79. The molecule has 4 aromatic rings. The van der Waals surface area contributed by atoms with Gasteiger partial charge in [0.15, 0.2) is 0 Å². The molecule has 0 atom stereocenters. The maximum absolute atomic E-state index is 12.3. The van der Waals surface area contributed by atoms with E-state index in [9.17, 15) is 16.8 Å². The minimum atomic E-state index is -3.54. The SMILES string of the molecule is O=S(=O)(Nc1ccc([Se][Se]c2ccc(NS(=O)(=O)c3cccs3)cc2)cc1)c1cccs1. The van der Waals surface area contributed by atoms with Crippen LogP contribution in [-0.4, -0.2) is 43.1 Å². The topological polar surface area (TPSA) is 92.3 Å². The average Bonchev–Trinajstić information content (AvgIpc) is 3.49. The van der Waals surface area contributed by atoms with Crippen LogP contribution in [0.25, 0.3) is 0 Å². The van der Waals surface area contributed by atoms with Gasteiger partial charge >= 0.3 is 208 Å². The van der Waals surface area contributed by atoms with E-state index in [1.165, 1.54) is 31.6 Å². The van der Waals surface area contributed by atoms with Crippen LogP contribution in [0.5, 0.6) is 0 Å². The quantitative estimate of drug-likeness (QED) is 0.277.